The van der Waals surface area contributed by atoms with Crippen molar-refractivity contribution < 1.29 is 0 Å². The van der Waals surface area contributed by atoms with E-state index in [-0.39, 0.29) is 0 Å². The van der Waals surface area contributed by atoms with E-state index in [9.17, 15) is 0 Å². The van der Waals surface area contributed by atoms with E-state index in [0.717, 1.165) is 11.4 Å². The molecule has 0 saturated carbocycles. The van der Waals surface area contributed by atoms with Gasteiger partial charge in [0.15, 0.2) is 0 Å². The Kier molecular flexibility index (Phi) is 7.22. The molecule has 0 aliphatic heterocycles. The maximum absolute atomic E-state index is 2.45. The van der Waals surface area contributed by atoms with Gasteiger partial charge in [-0.2, -0.15) is 0 Å². The van der Waals surface area contributed by atoms with Crippen LogP contribution in [0.4, 0.5) is 17.1 Å². The highest BCUT2D eigenvalue weighted by atomic mass is 15.1. The Morgan fingerprint density at radius 3 is 1.24 bits per heavy atom. The van der Waals surface area contributed by atoms with Crippen molar-refractivity contribution in [3.05, 3.63) is 200 Å². The van der Waals surface area contributed by atoms with E-state index in [1.165, 1.54) is 71.4 Å². The van der Waals surface area contributed by atoms with E-state index in [4.69, 9.17) is 0 Å². The molecule has 230 valence electrons. The van der Waals surface area contributed by atoms with Gasteiger partial charge in [0, 0.05) is 22.1 Å². The van der Waals surface area contributed by atoms with Gasteiger partial charge in [-0.1, -0.05) is 176 Å². The fourth-order valence-corrected chi connectivity index (χ4v) is 7.27. The predicted molar refractivity (Wildman–Crippen MR) is 210 cm³/mol. The SMILES string of the molecule is c1ccc(-c2ccc(-c3c4ccccc4c(N(c4ccc(-c5ccccc5)cc4)c4ccc5ccccc5c4)c4ccccc34)cc2)cc1. The summed E-state index contributed by atoms with van der Waals surface area (Å²) in [5, 5.41) is 7.34. The summed E-state index contributed by atoms with van der Waals surface area (Å²) in [6, 6.07) is 72.5. The van der Waals surface area contributed by atoms with Crippen LogP contribution in [-0.2, 0) is 0 Å². The minimum atomic E-state index is 1.12. The van der Waals surface area contributed by atoms with E-state index < -0.39 is 0 Å². The van der Waals surface area contributed by atoms with E-state index in [2.05, 4.69) is 205 Å². The maximum Gasteiger partial charge on any atom is 0.0618 e. The second-order valence-corrected chi connectivity index (χ2v) is 12.5. The summed E-state index contributed by atoms with van der Waals surface area (Å²) in [6.45, 7) is 0. The number of fused-ring (bicyclic) bond motifs is 3. The first-order chi connectivity index (χ1) is 24.3. The summed E-state index contributed by atoms with van der Waals surface area (Å²) in [5.41, 5.74) is 10.7. The molecule has 0 heterocycles. The topological polar surface area (TPSA) is 3.24 Å². The van der Waals surface area contributed by atoms with E-state index >= 15 is 0 Å². The molecule has 0 fully saturated rings. The van der Waals surface area contributed by atoms with Crippen molar-refractivity contribution in [1.29, 1.82) is 0 Å². The fraction of sp³-hybridized carbons (Fsp3) is 0. The van der Waals surface area contributed by atoms with Crippen LogP contribution in [0.25, 0.3) is 65.7 Å². The molecule has 0 N–H and O–H groups in total. The van der Waals surface area contributed by atoms with E-state index in [1.807, 2.05) is 0 Å². The van der Waals surface area contributed by atoms with Crippen molar-refractivity contribution in [3.63, 3.8) is 0 Å². The quantitative estimate of drug-likeness (QED) is 0.167. The third kappa shape index (κ3) is 5.23. The number of anilines is 3. The second-order valence-electron chi connectivity index (χ2n) is 12.5. The van der Waals surface area contributed by atoms with E-state index in [0.29, 0.717) is 0 Å². The molecule has 0 aliphatic rings. The minimum absolute atomic E-state index is 1.12. The van der Waals surface area contributed by atoms with Crippen LogP contribution in [0.2, 0.25) is 0 Å². The van der Waals surface area contributed by atoms with Gasteiger partial charge < -0.3 is 4.90 Å². The third-order valence-corrected chi connectivity index (χ3v) is 9.63. The predicted octanol–water partition coefficient (Wildman–Crippen LogP) is 13.6. The van der Waals surface area contributed by atoms with Crippen molar-refractivity contribution in [2.45, 2.75) is 0 Å². The lowest BCUT2D eigenvalue weighted by molar-refractivity contribution is 1.32. The Hall–Kier alpha value is -6.44. The van der Waals surface area contributed by atoms with Gasteiger partial charge in [-0.15, -0.1) is 0 Å². The van der Waals surface area contributed by atoms with Crippen molar-refractivity contribution in [3.8, 4) is 33.4 Å². The molecule has 0 bridgehead atoms. The lowest BCUT2D eigenvalue weighted by atomic mass is 9.89. The molecular formula is C48H33N. The Labute approximate surface area is 287 Å². The molecule has 9 rings (SSSR count). The fourth-order valence-electron chi connectivity index (χ4n) is 7.27. The second kappa shape index (κ2) is 12.3. The van der Waals surface area contributed by atoms with Crippen LogP contribution in [-0.4, -0.2) is 0 Å². The highest BCUT2D eigenvalue weighted by Crippen LogP contribution is 2.48. The summed E-state index contributed by atoms with van der Waals surface area (Å²) in [6.07, 6.45) is 0. The number of hydrogen-bond donors (Lipinski definition) is 0. The molecule has 0 saturated heterocycles. The first-order valence-electron chi connectivity index (χ1n) is 16.9. The van der Waals surface area contributed by atoms with Gasteiger partial charge in [0.2, 0.25) is 0 Å². The summed E-state index contributed by atoms with van der Waals surface area (Å²) in [5.74, 6) is 0. The molecule has 49 heavy (non-hydrogen) atoms. The van der Waals surface area contributed by atoms with Gasteiger partial charge in [-0.05, 0) is 79.2 Å². The van der Waals surface area contributed by atoms with Gasteiger partial charge in [0.25, 0.3) is 0 Å². The first-order valence-corrected chi connectivity index (χ1v) is 16.9. The standard InChI is InChI=1S/C48H33N/c1-3-13-34(14-4-1)37-23-25-39(26-24-37)47-43-19-9-11-21-45(43)48(46-22-12-10-20-44(46)47)49(42-32-29-36-17-7-8-18-40(36)33-42)41-30-27-38(28-31-41)35-15-5-2-6-16-35/h1-33H. The monoisotopic (exact) mass is 623 g/mol. The van der Waals surface area contributed by atoms with Crippen molar-refractivity contribution in [2.75, 3.05) is 4.90 Å². The molecule has 1 heteroatoms. The zero-order valence-corrected chi connectivity index (χ0v) is 27.0. The summed E-state index contributed by atoms with van der Waals surface area (Å²) in [7, 11) is 0. The Morgan fingerprint density at radius 2 is 0.673 bits per heavy atom. The van der Waals surface area contributed by atoms with Crippen molar-refractivity contribution in [1.82, 2.24) is 0 Å². The molecule has 0 radical (unpaired) electrons. The van der Waals surface area contributed by atoms with Gasteiger partial charge in [-0.25, -0.2) is 0 Å². The van der Waals surface area contributed by atoms with Gasteiger partial charge >= 0.3 is 0 Å². The lowest BCUT2D eigenvalue weighted by Gasteiger charge is -2.30. The molecule has 0 unspecified atom stereocenters. The Morgan fingerprint density at radius 1 is 0.265 bits per heavy atom. The number of benzene rings is 9. The number of hydrogen-bond acceptors (Lipinski definition) is 1. The van der Waals surface area contributed by atoms with Crippen LogP contribution in [0.15, 0.2) is 200 Å². The van der Waals surface area contributed by atoms with Crippen LogP contribution in [0.5, 0.6) is 0 Å². The van der Waals surface area contributed by atoms with Crippen molar-refractivity contribution >= 4 is 49.4 Å². The zero-order chi connectivity index (χ0) is 32.6. The molecule has 1 nitrogen and oxygen atoms in total. The van der Waals surface area contributed by atoms with Crippen LogP contribution >= 0.6 is 0 Å². The van der Waals surface area contributed by atoms with Crippen LogP contribution in [0, 0.1) is 0 Å². The zero-order valence-electron chi connectivity index (χ0n) is 27.0. The normalized spacial score (nSPS) is 11.3. The highest BCUT2D eigenvalue weighted by Gasteiger charge is 2.22. The summed E-state index contributed by atoms with van der Waals surface area (Å²) >= 11 is 0. The Bertz CT molecular complexity index is 2510. The summed E-state index contributed by atoms with van der Waals surface area (Å²) in [4.78, 5) is 2.45. The molecule has 0 spiro atoms. The molecule has 9 aromatic rings. The summed E-state index contributed by atoms with van der Waals surface area (Å²) < 4.78 is 0. The van der Waals surface area contributed by atoms with E-state index in [1.54, 1.807) is 0 Å². The van der Waals surface area contributed by atoms with Crippen LogP contribution in [0.3, 0.4) is 0 Å². The molecule has 0 aromatic heterocycles. The highest BCUT2D eigenvalue weighted by molar-refractivity contribution is 6.22. The number of nitrogens with zero attached hydrogens (tertiary/aromatic N) is 1. The lowest BCUT2D eigenvalue weighted by Crippen LogP contribution is -2.11. The molecule has 0 amide bonds. The molecule has 0 aliphatic carbocycles. The van der Waals surface area contributed by atoms with Crippen LogP contribution in [0.1, 0.15) is 0 Å². The van der Waals surface area contributed by atoms with Crippen molar-refractivity contribution in [2.24, 2.45) is 0 Å². The molecule has 0 atom stereocenters. The molecule has 9 aromatic carbocycles. The van der Waals surface area contributed by atoms with Crippen LogP contribution < -0.4 is 4.90 Å². The number of rotatable bonds is 6. The largest absolute Gasteiger partial charge is 0.309 e. The minimum Gasteiger partial charge on any atom is -0.309 e. The Balaban J connectivity index is 1.29. The van der Waals surface area contributed by atoms with Gasteiger partial charge in [0.1, 0.15) is 0 Å². The average molecular weight is 624 g/mol. The van der Waals surface area contributed by atoms with Gasteiger partial charge in [-0.3, -0.25) is 0 Å². The van der Waals surface area contributed by atoms with Gasteiger partial charge in [0.05, 0.1) is 5.69 Å². The first kappa shape index (κ1) is 28.8. The molecular weight excluding hydrogens is 591 g/mol. The average Bonchev–Trinajstić information content (AvgIpc) is 3.19. The third-order valence-electron chi connectivity index (χ3n) is 9.63. The smallest absolute Gasteiger partial charge is 0.0618 e. The maximum atomic E-state index is 2.45.